The lowest BCUT2D eigenvalue weighted by atomic mass is 10.2. The zero-order chi connectivity index (χ0) is 25.8. The highest BCUT2D eigenvalue weighted by molar-refractivity contribution is 9.10. The third-order valence-electron chi connectivity index (χ3n) is 5.31. The maximum Gasteiger partial charge on any atom is 0.319 e. The molecule has 0 radical (unpaired) electrons. The molecular weight excluding hydrogens is 571 g/mol. The summed E-state index contributed by atoms with van der Waals surface area (Å²) in [5.41, 5.74) is 2.92. The number of hydrogen-bond donors (Lipinski definition) is 2. The van der Waals surface area contributed by atoms with Gasteiger partial charge < -0.3 is 20.3 Å². The van der Waals surface area contributed by atoms with E-state index in [0.29, 0.717) is 33.4 Å². The monoisotopic (exact) mass is 590 g/mol. The van der Waals surface area contributed by atoms with Crippen molar-refractivity contribution in [2.45, 2.75) is 13.5 Å². The first-order chi connectivity index (χ1) is 17.3. The van der Waals surface area contributed by atoms with Crippen molar-refractivity contribution in [2.24, 2.45) is 0 Å². The molecule has 4 rings (SSSR count). The van der Waals surface area contributed by atoms with Crippen LogP contribution in [0.5, 0.6) is 5.75 Å². The third-order valence-corrected chi connectivity index (χ3v) is 7.04. The van der Waals surface area contributed by atoms with Gasteiger partial charge in [-0.15, -0.1) is 0 Å². The highest BCUT2D eigenvalue weighted by atomic mass is 79.9. The molecule has 186 valence electrons. The van der Waals surface area contributed by atoms with Gasteiger partial charge in [0.05, 0.1) is 34.8 Å². The van der Waals surface area contributed by atoms with Crippen molar-refractivity contribution in [3.8, 4) is 5.75 Å². The van der Waals surface area contributed by atoms with Crippen molar-refractivity contribution in [1.29, 1.82) is 0 Å². The molecule has 0 aliphatic rings. The van der Waals surface area contributed by atoms with Crippen molar-refractivity contribution in [1.82, 2.24) is 19.7 Å². The molecule has 0 bridgehead atoms. The van der Waals surface area contributed by atoms with E-state index in [1.807, 2.05) is 23.6 Å². The highest BCUT2D eigenvalue weighted by Gasteiger charge is 2.20. The van der Waals surface area contributed by atoms with Crippen LogP contribution in [-0.2, 0) is 11.4 Å². The number of urea groups is 1. The number of fused-ring (bicyclic) bond motifs is 1. The molecule has 0 saturated carbocycles. The number of imidazole rings is 1. The second-order valence-corrected chi connectivity index (χ2v) is 9.24. The number of nitrogens with one attached hydrogen (secondary N) is 2. The van der Waals surface area contributed by atoms with Crippen LogP contribution in [0.3, 0.4) is 0 Å². The van der Waals surface area contributed by atoms with Gasteiger partial charge in [-0.25, -0.2) is 9.78 Å². The number of aromatic nitrogens is 3. The quantitative estimate of drug-likeness (QED) is 0.297. The Morgan fingerprint density at radius 1 is 1.19 bits per heavy atom. The molecule has 4 aromatic rings. The zero-order valence-electron chi connectivity index (χ0n) is 19.3. The minimum Gasteiger partial charge on any atom is -0.485 e. The van der Waals surface area contributed by atoms with Gasteiger partial charge in [0.25, 0.3) is 0 Å². The number of halogens is 3. The van der Waals surface area contributed by atoms with E-state index in [-0.39, 0.29) is 24.1 Å². The summed E-state index contributed by atoms with van der Waals surface area (Å²) in [7, 11) is 1.56. The first-order valence-electron chi connectivity index (χ1n) is 10.7. The van der Waals surface area contributed by atoms with Gasteiger partial charge in [-0.05, 0) is 59.3 Å². The van der Waals surface area contributed by atoms with Crippen LogP contribution < -0.4 is 20.3 Å². The maximum absolute atomic E-state index is 12.7. The number of amides is 3. The lowest BCUT2D eigenvalue weighted by molar-refractivity contribution is -0.117. The Labute approximate surface area is 225 Å². The summed E-state index contributed by atoms with van der Waals surface area (Å²) in [6.07, 6.45) is 4.96. The molecule has 0 aliphatic carbocycles. The number of carbonyl (C=O) groups is 2. The maximum atomic E-state index is 12.7. The topological polar surface area (TPSA) is 101 Å². The molecule has 0 fully saturated rings. The van der Waals surface area contributed by atoms with Crippen LogP contribution in [0.2, 0.25) is 10.0 Å². The van der Waals surface area contributed by atoms with Gasteiger partial charge in [0.2, 0.25) is 5.91 Å². The van der Waals surface area contributed by atoms with E-state index in [9.17, 15) is 9.59 Å². The number of hydrogen-bond acceptors (Lipinski definition) is 5. The molecule has 9 nitrogen and oxygen atoms in total. The third kappa shape index (κ3) is 5.56. The van der Waals surface area contributed by atoms with Crippen molar-refractivity contribution >= 4 is 68.1 Å². The number of pyridine rings is 2. The minimum atomic E-state index is -0.531. The summed E-state index contributed by atoms with van der Waals surface area (Å²) in [5, 5.41) is 5.79. The minimum absolute atomic E-state index is 0.0580. The van der Waals surface area contributed by atoms with Gasteiger partial charge in [0.15, 0.2) is 11.4 Å². The smallest absolute Gasteiger partial charge is 0.319 e. The summed E-state index contributed by atoms with van der Waals surface area (Å²) in [4.78, 5) is 34.6. The number of nitrogens with zero attached hydrogens (tertiary/aromatic N) is 4. The Hall–Kier alpha value is -3.34. The van der Waals surface area contributed by atoms with E-state index < -0.39 is 6.03 Å². The molecule has 36 heavy (non-hydrogen) atoms. The summed E-state index contributed by atoms with van der Waals surface area (Å²) < 4.78 is 8.73. The molecular formula is C24H21BrCl2N6O3. The first-order valence-corrected chi connectivity index (χ1v) is 12.3. The number of aryl methyl sites for hydroxylation is 1. The van der Waals surface area contributed by atoms with Crippen molar-refractivity contribution in [3.05, 3.63) is 80.9 Å². The molecule has 12 heteroatoms. The molecule has 0 atom stereocenters. The number of benzene rings is 1. The first kappa shape index (κ1) is 25.7. The Bertz CT molecular complexity index is 1430. The Morgan fingerprint density at radius 2 is 2.00 bits per heavy atom. The Morgan fingerprint density at radius 3 is 2.75 bits per heavy atom. The molecule has 0 saturated heterocycles. The van der Waals surface area contributed by atoms with Crippen LogP contribution >= 0.6 is 39.1 Å². The van der Waals surface area contributed by atoms with Crippen LogP contribution in [-0.4, -0.2) is 39.9 Å². The summed E-state index contributed by atoms with van der Waals surface area (Å²) in [6.45, 7) is 1.70. The average Bonchev–Trinajstić information content (AvgIpc) is 3.16. The fraction of sp³-hybridized carbons (Fsp3) is 0.167. The lowest BCUT2D eigenvalue weighted by Crippen LogP contribution is -2.40. The summed E-state index contributed by atoms with van der Waals surface area (Å²) >= 11 is 16.6. The standard InChI is InChI=1S/C24H21BrCl2N6O3/c1-14-22(25)33-10-4-6-19(23(33)30-14)36-13-16-17(26)7-8-18(21(16)27)32(2)20(34)12-29-24(35)31-15-5-3-9-28-11-15/h3-11H,12-13H2,1-2H3,(H2,29,31,35). The number of carbonyl (C=O) groups excluding carboxylic acids is 2. The van der Waals surface area contributed by atoms with Gasteiger partial charge in [0.1, 0.15) is 11.2 Å². The molecule has 3 heterocycles. The van der Waals surface area contributed by atoms with Crippen molar-refractivity contribution in [3.63, 3.8) is 0 Å². The molecule has 3 aromatic heterocycles. The fourth-order valence-corrected chi connectivity index (χ4v) is 4.37. The normalized spacial score (nSPS) is 10.8. The van der Waals surface area contributed by atoms with Gasteiger partial charge >= 0.3 is 6.03 Å². The van der Waals surface area contributed by atoms with Gasteiger partial charge in [-0.2, -0.15) is 0 Å². The summed E-state index contributed by atoms with van der Waals surface area (Å²) in [6, 6.07) is 9.77. The van der Waals surface area contributed by atoms with E-state index in [2.05, 4.69) is 36.5 Å². The van der Waals surface area contributed by atoms with E-state index in [4.69, 9.17) is 27.9 Å². The average molecular weight is 592 g/mol. The molecule has 0 spiro atoms. The van der Waals surface area contributed by atoms with Gasteiger partial charge in [0, 0.05) is 30.0 Å². The van der Waals surface area contributed by atoms with Gasteiger partial charge in [-0.3, -0.25) is 14.2 Å². The largest absolute Gasteiger partial charge is 0.485 e. The van der Waals surface area contributed by atoms with E-state index in [0.717, 1.165) is 10.3 Å². The molecule has 0 unspecified atom stereocenters. The SMILES string of the molecule is Cc1nc2c(OCc3c(Cl)ccc(N(C)C(=O)CNC(=O)Nc4cccnc4)c3Cl)cccn2c1Br. The van der Waals surface area contributed by atoms with E-state index >= 15 is 0 Å². The molecule has 3 amide bonds. The number of likely N-dealkylation sites (N-methyl/N-ethyl adjacent to an activating group) is 1. The van der Waals surface area contributed by atoms with Crippen molar-refractivity contribution in [2.75, 3.05) is 23.8 Å². The van der Waals surface area contributed by atoms with Crippen LogP contribution in [0, 0.1) is 6.92 Å². The van der Waals surface area contributed by atoms with Crippen molar-refractivity contribution < 1.29 is 14.3 Å². The Balaban J connectivity index is 1.44. The van der Waals surface area contributed by atoms with E-state index in [1.165, 1.54) is 11.1 Å². The highest BCUT2D eigenvalue weighted by Crippen LogP contribution is 2.35. The van der Waals surface area contributed by atoms with Gasteiger partial charge in [-0.1, -0.05) is 23.2 Å². The van der Waals surface area contributed by atoms with Crippen LogP contribution in [0.1, 0.15) is 11.3 Å². The second kappa shape index (κ2) is 11.2. The predicted molar refractivity (Wildman–Crippen MR) is 143 cm³/mol. The van der Waals surface area contributed by atoms with Crippen LogP contribution in [0.15, 0.2) is 59.6 Å². The van der Waals surface area contributed by atoms with Crippen LogP contribution in [0.25, 0.3) is 5.65 Å². The molecule has 2 N–H and O–H groups in total. The second-order valence-electron chi connectivity index (χ2n) is 7.70. The number of rotatable bonds is 7. The predicted octanol–water partition coefficient (Wildman–Crippen LogP) is 5.47. The summed E-state index contributed by atoms with van der Waals surface area (Å²) in [5.74, 6) is 0.173. The van der Waals surface area contributed by atoms with Crippen LogP contribution in [0.4, 0.5) is 16.2 Å². The zero-order valence-corrected chi connectivity index (χ0v) is 22.4. The fourth-order valence-electron chi connectivity index (χ4n) is 3.39. The lowest BCUT2D eigenvalue weighted by Gasteiger charge is -2.21. The number of ether oxygens (including phenoxy) is 1. The van der Waals surface area contributed by atoms with E-state index in [1.54, 1.807) is 43.6 Å². The Kier molecular flexibility index (Phi) is 7.97. The molecule has 0 aliphatic heterocycles. The number of anilines is 2. The molecule has 1 aromatic carbocycles.